The molecule has 3 rings (SSSR count). The highest BCUT2D eigenvalue weighted by Crippen LogP contribution is 2.53. The molecule has 4 atom stereocenters. The molecule has 0 aromatic heterocycles. The lowest BCUT2D eigenvalue weighted by molar-refractivity contribution is -0.165. The van der Waals surface area contributed by atoms with Crippen molar-refractivity contribution in [3.05, 3.63) is 0 Å². The van der Waals surface area contributed by atoms with Crippen molar-refractivity contribution in [1.29, 1.82) is 0 Å². The summed E-state index contributed by atoms with van der Waals surface area (Å²) >= 11 is 0. The van der Waals surface area contributed by atoms with Crippen LogP contribution in [0.5, 0.6) is 0 Å². The molecule has 3 aliphatic rings. The van der Waals surface area contributed by atoms with Crippen molar-refractivity contribution < 1.29 is 9.90 Å². The van der Waals surface area contributed by atoms with Crippen LogP contribution in [0, 0.1) is 11.8 Å². The monoisotopic (exact) mass is 223 g/mol. The molecule has 2 N–H and O–H groups in total. The number of piperidine rings is 1. The second-order valence-corrected chi connectivity index (χ2v) is 6.29. The Kier molecular flexibility index (Phi) is 2.21. The summed E-state index contributed by atoms with van der Waals surface area (Å²) in [5, 5.41) is 14.3. The molecule has 2 saturated carbocycles. The lowest BCUT2D eigenvalue weighted by Crippen LogP contribution is -2.69. The summed E-state index contributed by atoms with van der Waals surface area (Å²) in [6, 6.07) is 0. The minimum Gasteiger partial charge on any atom is -0.389 e. The normalized spacial score (nSPS) is 52.2. The topological polar surface area (TPSA) is 49.3 Å². The van der Waals surface area contributed by atoms with Gasteiger partial charge in [-0.3, -0.25) is 4.79 Å². The molecule has 0 amide bonds. The third kappa shape index (κ3) is 1.37. The molecule has 1 aliphatic heterocycles. The highest BCUT2D eigenvalue weighted by Gasteiger charge is 2.59. The van der Waals surface area contributed by atoms with Gasteiger partial charge in [0.25, 0.3) is 0 Å². The molecule has 1 heterocycles. The third-order valence-electron chi connectivity index (χ3n) is 4.89. The van der Waals surface area contributed by atoms with Crippen LogP contribution in [0.3, 0.4) is 0 Å². The molecular weight excluding hydrogens is 202 g/mol. The Morgan fingerprint density at radius 3 is 3.00 bits per heavy atom. The molecule has 0 radical (unpaired) electrons. The first kappa shape index (κ1) is 10.7. The Balaban J connectivity index is 2.02. The lowest BCUT2D eigenvalue weighted by atomic mass is 9.52. The van der Waals surface area contributed by atoms with Gasteiger partial charge in [0, 0.05) is 24.3 Å². The van der Waals surface area contributed by atoms with E-state index in [9.17, 15) is 9.90 Å². The zero-order chi connectivity index (χ0) is 11.4. The highest BCUT2D eigenvalue weighted by molar-refractivity contribution is 5.82. The number of Topliss-reactive ketones (excluding diaryl/α,β-unsaturated/α-hetero) is 1. The Labute approximate surface area is 96.6 Å². The minimum atomic E-state index is -0.708. The van der Waals surface area contributed by atoms with E-state index in [4.69, 9.17) is 0 Å². The van der Waals surface area contributed by atoms with E-state index in [-0.39, 0.29) is 11.3 Å². The summed E-state index contributed by atoms with van der Waals surface area (Å²) in [7, 11) is 0. The van der Waals surface area contributed by atoms with Gasteiger partial charge in [-0.1, -0.05) is 6.92 Å². The summed E-state index contributed by atoms with van der Waals surface area (Å²) in [6.07, 6.45) is 5.13. The first-order valence-corrected chi connectivity index (χ1v) is 6.53. The van der Waals surface area contributed by atoms with E-state index in [2.05, 4.69) is 12.2 Å². The van der Waals surface area contributed by atoms with Gasteiger partial charge in [0.1, 0.15) is 5.78 Å². The fourth-order valence-corrected chi connectivity index (χ4v) is 4.69. The smallest absolute Gasteiger partial charge is 0.137 e. The van der Waals surface area contributed by atoms with Gasteiger partial charge < -0.3 is 10.4 Å². The molecule has 3 heteroatoms. The first-order chi connectivity index (χ1) is 7.54. The number of hydrogen-bond donors (Lipinski definition) is 2. The molecule has 2 bridgehead atoms. The lowest BCUT2D eigenvalue weighted by Gasteiger charge is -2.59. The van der Waals surface area contributed by atoms with Crippen molar-refractivity contribution in [2.45, 2.75) is 56.6 Å². The van der Waals surface area contributed by atoms with E-state index in [0.29, 0.717) is 24.7 Å². The van der Waals surface area contributed by atoms with Gasteiger partial charge in [-0.15, -0.1) is 0 Å². The zero-order valence-electron chi connectivity index (χ0n) is 9.96. The largest absolute Gasteiger partial charge is 0.389 e. The van der Waals surface area contributed by atoms with Crippen LogP contribution in [0.4, 0.5) is 0 Å². The number of aliphatic hydroxyl groups is 1. The van der Waals surface area contributed by atoms with Crippen LogP contribution in [0.1, 0.15) is 45.4 Å². The minimum absolute atomic E-state index is 0.0694. The summed E-state index contributed by atoms with van der Waals surface area (Å²) in [4.78, 5) is 11.8. The molecule has 0 aromatic rings. The number of ketones is 1. The molecule has 1 saturated heterocycles. The molecule has 0 spiro atoms. The van der Waals surface area contributed by atoms with Crippen LogP contribution in [0.2, 0.25) is 0 Å². The predicted molar refractivity (Wildman–Crippen MR) is 61.0 cm³/mol. The summed E-state index contributed by atoms with van der Waals surface area (Å²) < 4.78 is 0. The quantitative estimate of drug-likeness (QED) is 0.650. The van der Waals surface area contributed by atoms with Crippen molar-refractivity contribution in [2.75, 3.05) is 6.54 Å². The molecule has 2 aliphatic carbocycles. The van der Waals surface area contributed by atoms with Crippen molar-refractivity contribution in [3.8, 4) is 0 Å². The molecule has 16 heavy (non-hydrogen) atoms. The van der Waals surface area contributed by atoms with E-state index in [0.717, 1.165) is 32.2 Å². The van der Waals surface area contributed by atoms with Crippen LogP contribution in [0.15, 0.2) is 0 Å². The Bertz CT molecular complexity index is 330. The molecule has 0 unspecified atom stereocenters. The van der Waals surface area contributed by atoms with Crippen LogP contribution in [-0.4, -0.2) is 28.6 Å². The number of hydrogen-bond acceptors (Lipinski definition) is 3. The average Bonchev–Trinajstić information content (AvgIpc) is 2.13. The Morgan fingerprint density at radius 2 is 2.19 bits per heavy atom. The number of carbonyl (C=O) groups is 1. The maximum atomic E-state index is 11.8. The van der Waals surface area contributed by atoms with Crippen LogP contribution in [0.25, 0.3) is 0 Å². The summed E-state index contributed by atoms with van der Waals surface area (Å²) in [5.74, 6) is 1.09. The number of rotatable bonds is 0. The van der Waals surface area contributed by atoms with Gasteiger partial charge in [0.05, 0.1) is 5.60 Å². The molecule has 0 aromatic carbocycles. The van der Waals surface area contributed by atoms with Gasteiger partial charge in [-0.2, -0.15) is 0 Å². The second kappa shape index (κ2) is 3.30. The predicted octanol–water partition coefficient (Wildman–Crippen LogP) is 1.25. The maximum absolute atomic E-state index is 11.8. The van der Waals surface area contributed by atoms with Crippen LogP contribution in [-0.2, 0) is 4.79 Å². The zero-order valence-corrected chi connectivity index (χ0v) is 9.96. The van der Waals surface area contributed by atoms with E-state index in [1.807, 2.05) is 0 Å². The maximum Gasteiger partial charge on any atom is 0.137 e. The van der Waals surface area contributed by atoms with Gasteiger partial charge in [-0.25, -0.2) is 0 Å². The van der Waals surface area contributed by atoms with Gasteiger partial charge in [0.2, 0.25) is 0 Å². The highest BCUT2D eigenvalue weighted by atomic mass is 16.3. The third-order valence-corrected chi connectivity index (χ3v) is 4.89. The van der Waals surface area contributed by atoms with Gasteiger partial charge >= 0.3 is 0 Å². The number of carbonyl (C=O) groups excluding carboxylic acids is 1. The van der Waals surface area contributed by atoms with Crippen molar-refractivity contribution >= 4 is 5.78 Å². The van der Waals surface area contributed by atoms with Crippen molar-refractivity contribution in [3.63, 3.8) is 0 Å². The van der Waals surface area contributed by atoms with Crippen molar-refractivity contribution in [2.24, 2.45) is 11.8 Å². The fourth-order valence-electron chi connectivity index (χ4n) is 4.69. The van der Waals surface area contributed by atoms with Crippen LogP contribution >= 0.6 is 0 Å². The Hall–Kier alpha value is -0.410. The first-order valence-electron chi connectivity index (χ1n) is 6.53. The molecular formula is C13H21NO2. The van der Waals surface area contributed by atoms with Crippen LogP contribution < -0.4 is 5.32 Å². The molecule has 3 fully saturated rings. The molecule has 3 nitrogen and oxygen atoms in total. The standard InChI is InChI=1S/C13H21NO2/c1-9-5-12-7-10(15)8-13(16,6-9)11(12)3-2-4-14-12/h9,11,14,16H,2-8H2,1H3/t9-,11+,12+,13-/m1/s1. The SMILES string of the molecule is C[C@H]1C[C@@]2(O)CC(=O)C[C@]3(C1)NCCC[C@H]23. The fraction of sp³-hybridized carbons (Fsp3) is 0.923. The number of nitrogens with one attached hydrogen (secondary N) is 1. The van der Waals surface area contributed by atoms with Gasteiger partial charge in [0.15, 0.2) is 0 Å². The summed E-state index contributed by atoms with van der Waals surface area (Å²) in [6.45, 7) is 3.21. The average molecular weight is 223 g/mol. The van der Waals surface area contributed by atoms with Gasteiger partial charge in [-0.05, 0) is 38.1 Å². The van der Waals surface area contributed by atoms with E-state index in [1.54, 1.807) is 0 Å². The van der Waals surface area contributed by atoms with E-state index >= 15 is 0 Å². The van der Waals surface area contributed by atoms with Crippen molar-refractivity contribution in [1.82, 2.24) is 5.32 Å². The van der Waals surface area contributed by atoms with E-state index < -0.39 is 5.60 Å². The van der Waals surface area contributed by atoms with E-state index in [1.165, 1.54) is 0 Å². The summed E-state index contributed by atoms with van der Waals surface area (Å²) in [5.41, 5.74) is -0.777. The Morgan fingerprint density at radius 1 is 1.38 bits per heavy atom. The molecule has 90 valence electrons. The second-order valence-electron chi connectivity index (χ2n) is 6.29.